The van der Waals surface area contributed by atoms with E-state index in [1.165, 1.54) is 22.0 Å². The maximum Gasteiger partial charge on any atom is 0.171 e. The van der Waals surface area contributed by atoms with Crippen LogP contribution >= 0.6 is 0 Å². The number of nitrogens with zero attached hydrogens (tertiary/aromatic N) is 2. The maximum atomic E-state index is 6.41. The molecule has 0 spiro atoms. The second-order valence-corrected chi connectivity index (χ2v) is 8.45. The van der Waals surface area contributed by atoms with Crippen LogP contribution in [0.3, 0.4) is 0 Å². The lowest BCUT2D eigenvalue weighted by atomic mass is 9.99. The van der Waals surface area contributed by atoms with Gasteiger partial charge in [-0.25, -0.2) is 0 Å². The first-order valence-electron chi connectivity index (χ1n) is 10.9. The van der Waals surface area contributed by atoms with Crippen molar-refractivity contribution in [2.45, 2.75) is 19.4 Å². The zero-order valence-corrected chi connectivity index (χ0v) is 17.6. The molecule has 0 bridgehead atoms. The van der Waals surface area contributed by atoms with Gasteiger partial charge in [-0.3, -0.25) is 9.88 Å². The fourth-order valence-corrected chi connectivity index (χ4v) is 4.71. The van der Waals surface area contributed by atoms with Gasteiger partial charge in [0.2, 0.25) is 0 Å². The lowest BCUT2D eigenvalue weighted by Crippen LogP contribution is -2.42. The van der Waals surface area contributed by atoms with Crippen molar-refractivity contribution in [1.82, 2.24) is 14.9 Å². The maximum absolute atomic E-state index is 6.41. The molecule has 5 heteroatoms. The van der Waals surface area contributed by atoms with E-state index in [2.05, 4.69) is 57.5 Å². The highest BCUT2D eigenvalue weighted by molar-refractivity contribution is 5.92. The molecule has 1 N–H and O–H groups in total. The monoisotopic (exact) mass is 411 g/mol. The quantitative estimate of drug-likeness (QED) is 0.518. The van der Waals surface area contributed by atoms with Crippen LogP contribution in [0, 0.1) is 6.92 Å². The molecule has 4 aromatic rings. The Bertz CT molecular complexity index is 1310. The van der Waals surface area contributed by atoms with Gasteiger partial charge >= 0.3 is 0 Å². The first-order chi connectivity index (χ1) is 15.2. The number of benzene rings is 2. The van der Waals surface area contributed by atoms with E-state index in [1.807, 2.05) is 25.1 Å². The number of para-hydroxylation sites is 1. The van der Waals surface area contributed by atoms with Crippen LogP contribution in [0.1, 0.15) is 17.7 Å². The Morgan fingerprint density at radius 2 is 2.03 bits per heavy atom. The van der Waals surface area contributed by atoms with Gasteiger partial charge in [0.25, 0.3) is 0 Å². The first kappa shape index (κ1) is 18.5. The summed E-state index contributed by atoms with van der Waals surface area (Å²) >= 11 is 0. The molecule has 0 aliphatic carbocycles. The third kappa shape index (κ3) is 3.35. The number of aromatic amines is 1. The lowest BCUT2D eigenvalue weighted by Gasteiger charge is -2.33. The van der Waals surface area contributed by atoms with Crippen LogP contribution in [0.25, 0.3) is 27.4 Å². The van der Waals surface area contributed by atoms with Crippen LogP contribution < -0.4 is 9.47 Å². The molecule has 5 nitrogen and oxygen atoms in total. The van der Waals surface area contributed by atoms with Gasteiger partial charge in [0.1, 0.15) is 12.7 Å². The molecule has 6 rings (SSSR count). The van der Waals surface area contributed by atoms with Crippen molar-refractivity contribution in [3.8, 4) is 11.5 Å². The van der Waals surface area contributed by atoms with Gasteiger partial charge in [-0.05, 0) is 49.2 Å². The average Bonchev–Trinajstić information content (AvgIpc) is 3.23. The predicted octanol–water partition coefficient (Wildman–Crippen LogP) is 4.95. The fourth-order valence-electron chi connectivity index (χ4n) is 4.71. The number of fused-ring (bicyclic) bond motifs is 4. The molecule has 2 aliphatic heterocycles. The van der Waals surface area contributed by atoms with Gasteiger partial charge < -0.3 is 14.5 Å². The molecule has 4 heterocycles. The summed E-state index contributed by atoms with van der Waals surface area (Å²) in [7, 11) is 0. The number of aryl methyl sites for hydroxylation is 1. The number of H-pyrrole nitrogens is 1. The molecule has 0 saturated heterocycles. The summed E-state index contributed by atoms with van der Waals surface area (Å²) in [5.74, 6) is 1.64. The molecule has 0 saturated carbocycles. The van der Waals surface area contributed by atoms with E-state index in [9.17, 15) is 0 Å². The Morgan fingerprint density at radius 1 is 1.10 bits per heavy atom. The molecular formula is C26H25N3O2. The number of hydrogen-bond acceptors (Lipinski definition) is 4. The van der Waals surface area contributed by atoms with Gasteiger partial charge in [-0.15, -0.1) is 0 Å². The van der Waals surface area contributed by atoms with Crippen LogP contribution in [0.4, 0.5) is 0 Å². The summed E-state index contributed by atoms with van der Waals surface area (Å²) in [5.41, 5.74) is 5.91. The lowest BCUT2D eigenvalue weighted by molar-refractivity contribution is 0.0632. The van der Waals surface area contributed by atoms with Crippen molar-refractivity contribution in [2.75, 3.05) is 26.2 Å². The van der Waals surface area contributed by atoms with Gasteiger partial charge in [0, 0.05) is 53.4 Å². The zero-order chi connectivity index (χ0) is 20.8. The number of aromatic nitrogens is 2. The Kier molecular flexibility index (Phi) is 4.42. The van der Waals surface area contributed by atoms with E-state index in [4.69, 9.17) is 9.47 Å². The number of nitrogens with one attached hydrogen (secondary N) is 1. The van der Waals surface area contributed by atoms with Gasteiger partial charge in [0.15, 0.2) is 11.5 Å². The summed E-state index contributed by atoms with van der Waals surface area (Å²) < 4.78 is 12.5. The highest BCUT2D eigenvalue weighted by Crippen LogP contribution is 2.38. The van der Waals surface area contributed by atoms with Crippen molar-refractivity contribution >= 4 is 27.4 Å². The topological polar surface area (TPSA) is 50.4 Å². The SMILES string of the molecule is Cc1ccc2c3c(ccc2n1)OCC(CN1CC=C(c2c[nH]c4ccccc24)CC1)O3. The number of hydrogen-bond donors (Lipinski definition) is 1. The molecule has 2 aliphatic rings. The van der Waals surface area contributed by atoms with Crippen molar-refractivity contribution in [3.63, 3.8) is 0 Å². The molecule has 2 aromatic heterocycles. The fraction of sp³-hybridized carbons (Fsp3) is 0.269. The molecule has 0 amide bonds. The second kappa shape index (κ2) is 7.43. The largest absolute Gasteiger partial charge is 0.486 e. The van der Waals surface area contributed by atoms with Crippen LogP contribution in [0.5, 0.6) is 11.5 Å². The average molecular weight is 412 g/mol. The van der Waals surface area contributed by atoms with Crippen LogP contribution in [-0.2, 0) is 0 Å². The minimum Gasteiger partial charge on any atom is -0.486 e. The highest BCUT2D eigenvalue weighted by Gasteiger charge is 2.26. The Morgan fingerprint density at radius 3 is 2.94 bits per heavy atom. The smallest absolute Gasteiger partial charge is 0.171 e. The molecule has 156 valence electrons. The van der Waals surface area contributed by atoms with Crippen LogP contribution in [-0.4, -0.2) is 47.2 Å². The molecule has 1 unspecified atom stereocenters. The van der Waals surface area contributed by atoms with E-state index in [1.54, 1.807) is 0 Å². The van der Waals surface area contributed by atoms with Crippen molar-refractivity contribution < 1.29 is 9.47 Å². The van der Waals surface area contributed by atoms with E-state index < -0.39 is 0 Å². The second-order valence-electron chi connectivity index (χ2n) is 8.45. The molecule has 0 radical (unpaired) electrons. The number of pyridine rings is 1. The summed E-state index contributed by atoms with van der Waals surface area (Å²) in [5, 5.41) is 2.33. The highest BCUT2D eigenvalue weighted by atomic mass is 16.6. The van der Waals surface area contributed by atoms with Gasteiger partial charge in [-0.2, -0.15) is 0 Å². The van der Waals surface area contributed by atoms with Gasteiger partial charge in [0.05, 0.1) is 5.52 Å². The predicted molar refractivity (Wildman–Crippen MR) is 124 cm³/mol. The van der Waals surface area contributed by atoms with E-state index in [-0.39, 0.29) is 6.10 Å². The Labute approximate surface area is 181 Å². The Hall–Kier alpha value is -3.31. The van der Waals surface area contributed by atoms with Crippen molar-refractivity contribution in [3.05, 3.63) is 72.1 Å². The summed E-state index contributed by atoms with van der Waals surface area (Å²) in [6, 6.07) is 16.6. The van der Waals surface area contributed by atoms with Crippen LogP contribution in [0.2, 0.25) is 0 Å². The Balaban J connectivity index is 1.17. The molecular weight excluding hydrogens is 386 g/mol. The van der Waals surface area contributed by atoms with E-state index in [0.717, 1.165) is 54.2 Å². The zero-order valence-electron chi connectivity index (χ0n) is 17.6. The summed E-state index contributed by atoms with van der Waals surface area (Å²) in [4.78, 5) is 10.5. The van der Waals surface area contributed by atoms with Crippen molar-refractivity contribution in [2.24, 2.45) is 0 Å². The van der Waals surface area contributed by atoms with Gasteiger partial charge in [-0.1, -0.05) is 24.3 Å². The number of ether oxygens (including phenoxy) is 2. The van der Waals surface area contributed by atoms with Crippen LogP contribution in [0.15, 0.2) is 60.8 Å². The molecule has 31 heavy (non-hydrogen) atoms. The third-order valence-electron chi connectivity index (χ3n) is 6.32. The normalized spacial score (nSPS) is 19.0. The van der Waals surface area contributed by atoms with E-state index in [0.29, 0.717) is 6.61 Å². The molecule has 2 aromatic carbocycles. The number of rotatable bonds is 3. The third-order valence-corrected chi connectivity index (χ3v) is 6.32. The summed E-state index contributed by atoms with van der Waals surface area (Å²) in [6.45, 7) is 5.39. The molecule has 1 atom stereocenters. The molecule has 0 fully saturated rings. The minimum absolute atomic E-state index is 0.0161. The summed E-state index contributed by atoms with van der Waals surface area (Å²) in [6.07, 6.45) is 5.56. The van der Waals surface area contributed by atoms with E-state index >= 15 is 0 Å². The first-order valence-corrected chi connectivity index (χ1v) is 10.9. The minimum atomic E-state index is 0.0161. The standard InChI is InChI=1S/C26H25N3O2/c1-17-6-7-21-24(28-17)8-9-25-26(21)31-19(16-30-25)15-29-12-10-18(11-13-29)22-14-27-23-5-3-2-4-20(22)23/h2-10,14,19,27H,11-13,15-16H2,1H3. The van der Waals surface area contributed by atoms with Crippen molar-refractivity contribution in [1.29, 1.82) is 0 Å².